The maximum atomic E-state index is 10.1. The van der Waals surface area contributed by atoms with Crippen molar-refractivity contribution >= 4 is 6.47 Å². The van der Waals surface area contributed by atoms with Gasteiger partial charge in [-0.15, -0.1) is 0 Å². The average Bonchev–Trinajstić information content (AvgIpc) is 2.19. The summed E-state index contributed by atoms with van der Waals surface area (Å²) in [7, 11) is 1.92. The Labute approximate surface area is 84.3 Å². The summed E-state index contributed by atoms with van der Waals surface area (Å²) in [6.45, 7) is 3.10. The quantitative estimate of drug-likeness (QED) is 0.526. The number of nitrogens with zero attached hydrogens (tertiary/aromatic N) is 1. The molecule has 0 radical (unpaired) electrons. The van der Waals surface area contributed by atoms with Gasteiger partial charge in [-0.1, -0.05) is 30.3 Å². The summed E-state index contributed by atoms with van der Waals surface area (Å²) in [6, 6.07) is 10.1. The molecule has 0 aliphatic rings. The Morgan fingerprint density at radius 2 is 2.07 bits per heavy atom. The van der Waals surface area contributed by atoms with E-state index in [1.807, 2.05) is 49.2 Å². The van der Waals surface area contributed by atoms with Crippen molar-refractivity contribution in [1.82, 2.24) is 4.90 Å². The second kappa shape index (κ2) is 5.40. The zero-order valence-electron chi connectivity index (χ0n) is 8.51. The largest absolute Gasteiger partial charge is 0.449 e. The van der Waals surface area contributed by atoms with E-state index in [2.05, 4.69) is 0 Å². The molecule has 3 nitrogen and oxygen atoms in total. The first-order valence-corrected chi connectivity index (χ1v) is 4.57. The van der Waals surface area contributed by atoms with Crippen molar-refractivity contribution in [3.8, 4) is 0 Å². The van der Waals surface area contributed by atoms with E-state index in [-0.39, 0.29) is 6.23 Å². The highest BCUT2D eigenvalue weighted by atomic mass is 16.5. The van der Waals surface area contributed by atoms with Crippen LogP contribution in [-0.4, -0.2) is 24.6 Å². The minimum atomic E-state index is -0.187. The molecular weight excluding hydrogens is 178 g/mol. The van der Waals surface area contributed by atoms with Crippen molar-refractivity contribution in [3.05, 3.63) is 35.9 Å². The van der Waals surface area contributed by atoms with Gasteiger partial charge in [0, 0.05) is 6.54 Å². The molecule has 0 amide bonds. The van der Waals surface area contributed by atoms with Gasteiger partial charge < -0.3 is 4.74 Å². The van der Waals surface area contributed by atoms with Crippen LogP contribution in [0.2, 0.25) is 0 Å². The number of ether oxygens (including phenoxy) is 1. The first-order valence-electron chi connectivity index (χ1n) is 4.57. The van der Waals surface area contributed by atoms with Crippen LogP contribution in [-0.2, 0) is 16.1 Å². The Hall–Kier alpha value is -1.35. The normalized spacial score (nSPS) is 12.5. The van der Waals surface area contributed by atoms with Crippen molar-refractivity contribution in [2.75, 3.05) is 7.05 Å². The minimum absolute atomic E-state index is 0.187. The molecule has 0 spiro atoms. The van der Waals surface area contributed by atoms with Gasteiger partial charge in [0.05, 0.1) is 0 Å². The maximum Gasteiger partial charge on any atom is 0.294 e. The van der Waals surface area contributed by atoms with Gasteiger partial charge in [0.1, 0.15) is 0 Å². The Balaban J connectivity index is 2.48. The highest BCUT2D eigenvalue weighted by Gasteiger charge is 2.08. The molecule has 1 atom stereocenters. The highest BCUT2D eigenvalue weighted by molar-refractivity contribution is 5.37. The number of rotatable bonds is 5. The fourth-order valence-electron chi connectivity index (χ4n) is 1.18. The van der Waals surface area contributed by atoms with Crippen molar-refractivity contribution in [3.63, 3.8) is 0 Å². The molecule has 0 aliphatic carbocycles. The Morgan fingerprint density at radius 3 is 2.64 bits per heavy atom. The molecule has 0 aliphatic heterocycles. The number of hydrogen-bond acceptors (Lipinski definition) is 3. The van der Waals surface area contributed by atoms with E-state index < -0.39 is 0 Å². The van der Waals surface area contributed by atoms with E-state index in [0.29, 0.717) is 6.47 Å². The molecule has 3 heteroatoms. The monoisotopic (exact) mass is 193 g/mol. The summed E-state index contributed by atoms with van der Waals surface area (Å²) in [6.07, 6.45) is -0.187. The van der Waals surface area contributed by atoms with Crippen LogP contribution < -0.4 is 0 Å². The predicted molar refractivity (Wildman–Crippen MR) is 54.5 cm³/mol. The van der Waals surface area contributed by atoms with Gasteiger partial charge in [-0.2, -0.15) is 0 Å². The fraction of sp³-hybridized carbons (Fsp3) is 0.364. The number of carbonyl (C=O) groups excluding carboxylic acids is 1. The Morgan fingerprint density at radius 1 is 1.43 bits per heavy atom. The summed E-state index contributed by atoms with van der Waals surface area (Å²) in [5.74, 6) is 0. The molecule has 76 valence electrons. The fourth-order valence-corrected chi connectivity index (χ4v) is 1.18. The van der Waals surface area contributed by atoms with Crippen LogP contribution in [0, 0.1) is 0 Å². The summed E-state index contributed by atoms with van der Waals surface area (Å²) >= 11 is 0. The summed E-state index contributed by atoms with van der Waals surface area (Å²) < 4.78 is 4.82. The van der Waals surface area contributed by atoms with Crippen LogP contribution >= 0.6 is 0 Å². The standard InChI is InChI=1S/C11H15NO2/c1-10(14-9-13)12(2)8-11-6-4-3-5-7-11/h3-7,9-10H,8H2,1-2H3. The third-order valence-corrected chi connectivity index (χ3v) is 2.15. The van der Waals surface area contributed by atoms with Crippen LogP contribution in [0.15, 0.2) is 30.3 Å². The molecule has 1 unspecified atom stereocenters. The third kappa shape index (κ3) is 3.18. The van der Waals surface area contributed by atoms with E-state index in [4.69, 9.17) is 4.74 Å². The van der Waals surface area contributed by atoms with Crippen molar-refractivity contribution < 1.29 is 9.53 Å². The predicted octanol–water partition coefficient (Wildman–Crippen LogP) is 1.64. The molecule has 1 aromatic carbocycles. The Bertz CT molecular complexity index is 274. The molecule has 1 rings (SSSR count). The minimum Gasteiger partial charge on any atom is -0.449 e. The van der Waals surface area contributed by atoms with E-state index in [1.54, 1.807) is 0 Å². The molecule has 0 heterocycles. The zero-order valence-corrected chi connectivity index (χ0v) is 8.51. The van der Waals surface area contributed by atoms with E-state index in [0.717, 1.165) is 6.54 Å². The summed E-state index contributed by atoms with van der Waals surface area (Å²) in [4.78, 5) is 12.1. The zero-order chi connectivity index (χ0) is 10.4. The van der Waals surface area contributed by atoms with E-state index in [1.165, 1.54) is 5.56 Å². The van der Waals surface area contributed by atoms with Gasteiger partial charge in [-0.3, -0.25) is 9.69 Å². The molecule has 0 saturated carbocycles. The van der Waals surface area contributed by atoms with Crippen molar-refractivity contribution in [1.29, 1.82) is 0 Å². The van der Waals surface area contributed by atoms with Gasteiger partial charge in [0.25, 0.3) is 6.47 Å². The van der Waals surface area contributed by atoms with Gasteiger partial charge in [0.2, 0.25) is 0 Å². The van der Waals surface area contributed by atoms with Crippen LogP contribution in [0.1, 0.15) is 12.5 Å². The van der Waals surface area contributed by atoms with Crippen LogP contribution in [0.4, 0.5) is 0 Å². The van der Waals surface area contributed by atoms with E-state index >= 15 is 0 Å². The molecule has 0 saturated heterocycles. The molecule has 0 bridgehead atoms. The first kappa shape index (κ1) is 10.7. The maximum absolute atomic E-state index is 10.1. The molecule has 14 heavy (non-hydrogen) atoms. The van der Waals surface area contributed by atoms with E-state index in [9.17, 15) is 4.79 Å². The average molecular weight is 193 g/mol. The molecule has 0 aromatic heterocycles. The van der Waals surface area contributed by atoms with Gasteiger partial charge >= 0.3 is 0 Å². The lowest BCUT2D eigenvalue weighted by atomic mass is 10.2. The number of carbonyl (C=O) groups is 1. The smallest absolute Gasteiger partial charge is 0.294 e. The highest BCUT2D eigenvalue weighted by Crippen LogP contribution is 2.05. The second-order valence-electron chi connectivity index (χ2n) is 3.23. The summed E-state index contributed by atoms with van der Waals surface area (Å²) in [5.41, 5.74) is 1.20. The molecular formula is C11H15NO2. The van der Waals surface area contributed by atoms with Gasteiger partial charge in [-0.05, 0) is 19.5 Å². The number of hydrogen-bond donors (Lipinski definition) is 0. The van der Waals surface area contributed by atoms with Gasteiger partial charge in [-0.25, -0.2) is 0 Å². The van der Waals surface area contributed by atoms with Crippen LogP contribution in [0.5, 0.6) is 0 Å². The molecule has 0 N–H and O–H groups in total. The lowest BCUT2D eigenvalue weighted by Crippen LogP contribution is -2.30. The molecule has 0 fully saturated rings. The lowest BCUT2D eigenvalue weighted by molar-refractivity contribution is -0.140. The van der Waals surface area contributed by atoms with Crippen molar-refractivity contribution in [2.24, 2.45) is 0 Å². The van der Waals surface area contributed by atoms with Crippen molar-refractivity contribution in [2.45, 2.75) is 19.7 Å². The number of benzene rings is 1. The topological polar surface area (TPSA) is 29.5 Å². The SMILES string of the molecule is CC(OC=O)N(C)Cc1ccccc1. The first-order chi connectivity index (χ1) is 6.74. The Kier molecular flexibility index (Phi) is 4.13. The molecule has 1 aromatic rings. The van der Waals surface area contributed by atoms with Crippen LogP contribution in [0.25, 0.3) is 0 Å². The third-order valence-electron chi connectivity index (χ3n) is 2.15. The van der Waals surface area contributed by atoms with Crippen LogP contribution in [0.3, 0.4) is 0 Å². The van der Waals surface area contributed by atoms with Gasteiger partial charge in [0.15, 0.2) is 6.23 Å². The summed E-state index contributed by atoms with van der Waals surface area (Å²) in [5, 5.41) is 0. The second-order valence-corrected chi connectivity index (χ2v) is 3.23. The lowest BCUT2D eigenvalue weighted by Gasteiger charge is -2.22.